The minimum Gasteiger partial charge on any atom is -0.457 e. The average Bonchev–Trinajstić information content (AvgIpc) is 3.32. The molecule has 42 heavy (non-hydrogen) atoms. The zero-order valence-electron chi connectivity index (χ0n) is 24.4. The SMILES string of the molecule is Cc1cc(N=C(N=CN)c2[nH]ccc2C2CCCN(C(=O)/C=C/CN(C)C)CC2)ccc1Oc1ccnc(N=CN)c1. The van der Waals surface area contributed by atoms with Gasteiger partial charge in [-0.15, -0.1) is 0 Å². The van der Waals surface area contributed by atoms with Crippen molar-refractivity contribution in [2.45, 2.75) is 32.1 Å². The van der Waals surface area contributed by atoms with E-state index < -0.39 is 0 Å². The summed E-state index contributed by atoms with van der Waals surface area (Å²) in [6.07, 6.45) is 12.3. The third-order valence-electron chi connectivity index (χ3n) is 6.96. The number of likely N-dealkylation sites (N-methyl/N-ethyl adjacent to an activating group) is 1. The number of carbonyl (C=O) groups is 1. The van der Waals surface area contributed by atoms with E-state index in [2.05, 4.69) is 26.0 Å². The maximum absolute atomic E-state index is 12.7. The van der Waals surface area contributed by atoms with E-state index in [1.165, 1.54) is 12.7 Å². The highest BCUT2D eigenvalue weighted by molar-refractivity contribution is 6.04. The predicted octanol–water partition coefficient (Wildman–Crippen LogP) is 4.41. The summed E-state index contributed by atoms with van der Waals surface area (Å²) in [6.45, 7) is 4.14. The van der Waals surface area contributed by atoms with E-state index >= 15 is 0 Å². The van der Waals surface area contributed by atoms with Gasteiger partial charge in [-0.2, -0.15) is 0 Å². The summed E-state index contributed by atoms with van der Waals surface area (Å²) in [5, 5.41) is 0. The Balaban J connectivity index is 1.50. The fourth-order valence-electron chi connectivity index (χ4n) is 4.91. The van der Waals surface area contributed by atoms with E-state index in [1.54, 1.807) is 24.4 Å². The molecule has 1 unspecified atom stereocenters. The molecule has 0 aliphatic carbocycles. The Morgan fingerprint density at radius 2 is 2.02 bits per heavy atom. The number of hydrogen-bond donors (Lipinski definition) is 3. The second kappa shape index (κ2) is 14.7. The summed E-state index contributed by atoms with van der Waals surface area (Å²) in [6, 6.07) is 11.2. The average molecular weight is 570 g/mol. The van der Waals surface area contributed by atoms with Crippen molar-refractivity contribution in [3.8, 4) is 11.5 Å². The van der Waals surface area contributed by atoms with Gasteiger partial charge in [-0.25, -0.2) is 20.0 Å². The lowest BCUT2D eigenvalue weighted by atomic mass is 9.92. The van der Waals surface area contributed by atoms with Crippen LogP contribution < -0.4 is 16.2 Å². The van der Waals surface area contributed by atoms with Crippen molar-refractivity contribution in [3.05, 3.63) is 77.8 Å². The van der Waals surface area contributed by atoms with Gasteiger partial charge in [0.05, 0.1) is 24.1 Å². The van der Waals surface area contributed by atoms with Crippen LogP contribution in [0.25, 0.3) is 0 Å². The molecule has 11 nitrogen and oxygen atoms in total. The Morgan fingerprint density at radius 3 is 2.79 bits per heavy atom. The molecule has 1 amide bonds. The molecule has 1 atom stereocenters. The van der Waals surface area contributed by atoms with E-state index in [4.69, 9.17) is 21.2 Å². The second-order valence-corrected chi connectivity index (χ2v) is 10.3. The van der Waals surface area contributed by atoms with Gasteiger partial charge in [0.2, 0.25) is 5.91 Å². The Hall–Kier alpha value is -4.77. The molecule has 1 aromatic carbocycles. The minimum atomic E-state index is 0.0676. The highest BCUT2D eigenvalue weighted by Crippen LogP contribution is 2.33. The van der Waals surface area contributed by atoms with Crippen LogP contribution in [0.15, 0.2) is 75.9 Å². The van der Waals surface area contributed by atoms with Gasteiger partial charge in [0.1, 0.15) is 11.5 Å². The van der Waals surface area contributed by atoms with Crippen LogP contribution in [0.1, 0.15) is 42.0 Å². The van der Waals surface area contributed by atoms with Crippen LogP contribution in [0.3, 0.4) is 0 Å². The van der Waals surface area contributed by atoms with Crippen molar-refractivity contribution in [3.63, 3.8) is 0 Å². The fourth-order valence-corrected chi connectivity index (χ4v) is 4.91. The van der Waals surface area contributed by atoms with Gasteiger partial charge in [-0.3, -0.25) is 4.79 Å². The lowest BCUT2D eigenvalue weighted by Crippen LogP contribution is -2.30. The van der Waals surface area contributed by atoms with E-state index in [0.717, 1.165) is 49.2 Å². The number of likely N-dealkylation sites (tertiary alicyclic amines) is 1. The number of aryl methyl sites for hydroxylation is 1. The van der Waals surface area contributed by atoms with Crippen molar-refractivity contribution in [2.75, 3.05) is 33.7 Å². The number of nitrogens with two attached hydrogens (primary N) is 2. The lowest BCUT2D eigenvalue weighted by Gasteiger charge is -2.19. The van der Waals surface area contributed by atoms with E-state index in [9.17, 15) is 4.79 Å². The van der Waals surface area contributed by atoms with Crippen molar-refractivity contribution in [2.24, 2.45) is 26.4 Å². The molecule has 11 heteroatoms. The fraction of sp³-hybridized carbons (Fsp3) is 0.323. The Morgan fingerprint density at radius 1 is 1.17 bits per heavy atom. The molecule has 0 radical (unpaired) electrons. The van der Waals surface area contributed by atoms with Crippen molar-refractivity contribution >= 4 is 35.9 Å². The molecule has 0 bridgehead atoms. The molecular formula is C31H39N9O2. The molecule has 1 aliphatic heterocycles. The third kappa shape index (κ3) is 8.14. The van der Waals surface area contributed by atoms with Crippen molar-refractivity contribution in [1.82, 2.24) is 19.8 Å². The molecule has 4 rings (SSSR count). The van der Waals surface area contributed by atoms with Crippen molar-refractivity contribution < 1.29 is 9.53 Å². The molecule has 1 aliphatic rings. The number of aliphatic imine (C=N–C) groups is 3. The van der Waals surface area contributed by atoms with Gasteiger partial charge >= 0.3 is 0 Å². The van der Waals surface area contributed by atoms with Gasteiger partial charge in [-0.05, 0) is 87.7 Å². The number of aromatic amines is 1. The van der Waals surface area contributed by atoms with Crippen LogP contribution in [-0.4, -0.2) is 77.9 Å². The molecule has 5 N–H and O–H groups in total. The number of nitrogens with zero attached hydrogens (tertiary/aromatic N) is 6. The molecule has 1 fully saturated rings. The van der Waals surface area contributed by atoms with Crippen LogP contribution in [0.2, 0.25) is 0 Å². The van der Waals surface area contributed by atoms with E-state index in [-0.39, 0.29) is 11.8 Å². The number of benzene rings is 1. The number of amides is 1. The summed E-state index contributed by atoms with van der Waals surface area (Å²) in [5.41, 5.74) is 14.7. The predicted molar refractivity (Wildman–Crippen MR) is 168 cm³/mol. The number of carbonyl (C=O) groups excluding carboxylic acids is 1. The van der Waals surface area contributed by atoms with E-state index in [0.29, 0.717) is 35.4 Å². The summed E-state index contributed by atoms with van der Waals surface area (Å²) in [7, 11) is 3.97. The Labute approximate surface area is 246 Å². The van der Waals surface area contributed by atoms with Gasteiger partial charge in [0.15, 0.2) is 11.7 Å². The lowest BCUT2D eigenvalue weighted by molar-refractivity contribution is -0.126. The molecular weight excluding hydrogens is 530 g/mol. The highest BCUT2D eigenvalue weighted by atomic mass is 16.5. The van der Waals surface area contributed by atoms with Crippen LogP contribution >= 0.6 is 0 Å². The maximum Gasteiger partial charge on any atom is 0.246 e. The van der Waals surface area contributed by atoms with Crippen LogP contribution in [0, 0.1) is 6.92 Å². The van der Waals surface area contributed by atoms with Crippen molar-refractivity contribution in [1.29, 1.82) is 0 Å². The summed E-state index contributed by atoms with van der Waals surface area (Å²) < 4.78 is 6.05. The third-order valence-corrected chi connectivity index (χ3v) is 6.96. The number of ether oxygens (including phenoxy) is 1. The molecule has 0 spiro atoms. The molecule has 2 aromatic heterocycles. The number of aromatic nitrogens is 2. The van der Waals surface area contributed by atoms with Gasteiger partial charge in [0.25, 0.3) is 0 Å². The highest BCUT2D eigenvalue weighted by Gasteiger charge is 2.24. The first-order valence-corrected chi connectivity index (χ1v) is 14.0. The van der Waals surface area contributed by atoms with Crippen LogP contribution in [0.5, 0.6) is 11.5 Å². The quantitative estimate of drug-likeness (QED) is 0.197. The molecule has 3 heterocycles. The number of H-pyrrole nitrogens is 1. The van der Waals surface area contributed by atoms with Crippen LogP contribution in [-0.2, 0) is 4.79 Å². The van der Waals surface area contributed by atoms with Gasteiger partial charge in [-0.1, -0.05) is 6.08 Å². The summed E-state index contributed by atoms with van der Waals surface area (Å²) >= 11 is 0. The number of rotatable bonds is 9. The molecule has 220 valence electrons. The maximum atomic E-state index is 12.7. The molecule has 0 saturated carbocycles. The largest absolute Gasteiger partial charge is 0.457 e. The topological polar surface area (TPSA) is 151 Å². The number of hydrogen-bond acceptors (Lipinski definition) is 6. The molecule has 1 saturated heterocycles. The number of nitrogens with one attached hydrogen (secondary N) is 1. The standard InChI is InChI=1S/C31H39N9O2/c1-22-18-24(8-9-27(22)42-25-10-13-34-28(19-25)36-20-32)38-31(37-21-33)30-26(11-14-35-30)23-6-4-16-40(17-12-23)29(41)7-5-15-39(2)3/h5,7-11,13-14,18-21,23,35H,4,6,12,15-17H2,1-3H3,(H2,32,34,36)(H2,33,37,38)/b7-5+. The first kappa shape index (κ1) is 30.2. The van der Waals surface area contributed by atoms with Crippen LogP contribution in [0.4, 0.5) is 11.5 Å². The number of amidine groups is 1. The summed E-state index contributed by atoms with van der Waals surface area (Å²) in [4.78, 5) is 37.4. The first-order chi connectivity index (χ1) is 20.4. The Bertz CT molecular complexity index is 1470. The minimum absolute atomic E-state index is 0.0676. The normalized spacial score (nSPS) is 16.6. The zero-order chi connectivity index (χ0) is 29.9. The monoisotopic (exact) mass is 569 g/mol. The number of pyridine rings is 1. The zero-order valence-corrected chi connectivity index (χ0v) is 24.4. The van der Waals surface area contributed by atoms with Gasteiger partial charge < -0.3 is 31.0 Å². The van der Waals surface area contributed by atoms with Gasteiger partial charge in [0, 0.05) is 44.2 Å². The second-order valence-electron chi connectivity index (χ2n) is 10.3. The van der Waals surface area contributed by atoms with E-state index in [1.807, 2.05) is 61.3 Å². The first-order valence-electron chi connectivity index (χ1n) is 14.0. The Kier molecular flexibility index (Phi) is 10.6. The molecule has 3 aromatic rings. The smallest absolute Gasteiger partial charge is 0.246 e. The summed E-state index contributed by atoms with van der Waals surface area (Å²) in [5.74, 6) is 2.57.